The van der Waals surface area contributed by atoms with Crippen molar-refractivity contribution in [1.29, 1.82) is 0 Å². The summed E-state index contributed by atoms with van der Waals surface area (Å²) in [6.07, 6.45) is 1.59. The van der Waals surface area contributed by atoms with E-state index in [1.807, 2.05) is 56.3 Å². The SMILES string of the molecule is Cc1cc(/C=N\NC(=O)C(O)(c2ccccc2)c2ccccc2)c(C)n1-c1ccc(Cl)cc1. The predicted octanol–water partition coefficient (Wildman–Crippen LogP) is 5.13. The van der Waals surface area contributed by atoms with E-state index >= 15 is 0 Å². The lowest BCUT2D eigenvalue weighted by Gasteiger charge is -2.27. The molecule has 0 saturated carbocycles. The van der Waals surface area contributed by atoms with E-state index in [1.54, 1.807) is 54.7 Å². The van der Waals surface area contributed by atoms with Crippen LogP contribution in [0, 0.1) is 13.8 Å². The van der Waals surface area contributed by atoms with Gasteiger partial charge in [0.05, 0.1) is 6.21 Å². The number of carbonyl (C=O) groups is 1. The van der Waals surface area contributed by atoms with Gasteiger partial charge in [-0.1, -0.05) is 72.3 Å². The molecule has 3 aromatic carbocycles. The van der Waals surface area contributed by atoms with Crippen LogP contribution in [0.2, 0.25) is 5.02 Å². The standard InChI is InChI=1S/C27H24ClN3O2/c1-19-17-21(20(2)31(19)25-15-13-24(28)14-16-25)18-29-30-26(32)27(33,22-9-5-3-6-10-22)23-11-7-4-8-12-23/h3-18,33H,1-2H3,(H,30,32)/b29-18-. The maximum atomic E-state index is 13.2. The van der Waals surface area contributed by atoms with Gasteiger partial charge >= 0.3 is 0 Å². The Morgan fingerprint density at radius 3 is 2.03 bits per heavy atom. The number of hydrogen-bond acceptors (Lipinski definition) is 3. The highest BCUT2D eigenvalue weighted by Gasteiger charge is 2.39. The highest BCUT2D eigenvalue weighted by atomic mass is 35.5. The third kappa shape index (κ3) is 4.46. The minimum absolute atomic E-state index is 0.463. The van der Waals surface area contributed by atoms with Gasteiger partial charge in [0.25, 0.3) is 5.91 Å². The molecule has 33 heavy (non-hydrogen) atoms. The van der Waals surface area contributed by atoms with Crippen LogP contribution >= 0.6 is 11.6 Å². The van der Waals surface area contributed by atoms with E-state index in [-0.39, 0.29) is 0 Å². The Labute approximate surface area is 198 Å². The predicted molar refractivity (Wildman–Crippen MR) is 132 cm³/mol. The smallest absolute Gasteiger partial charge is 0.281 e. The monoisotopic (exact) mass is 457 g/mol. The second-order valence-electron chi connectivity index (χ2n) is 7.78. The molecule has 4 rings (SSSR count). The zero-order chi connectivity index (χ0) is 23.4. The van der Waals surface area contributed by atoms with Crippen LogP contribution in [-0.2, 0) is 10.4 Å². The number of halogens is 1. The Hall–Kier alpha value is -3.67. The first-order chi connectivity index (χ1) is 15.9. The van der Waals surface area contributed by atoms with E-state index in [1.165, 1.54) is 0 Å². The van der Waals surface area contributed by atoms with Gasteiger partial charge in [-0.25, -0.2) is 5.43 Å². The maximum Gasteiger partial charge on any atom is 0.281 e. The molecule has 0 radical (unpaired) electrons. The number of amides is 1. The molecule has 4 aromatic rings. The summed E-state index contributed by atoms with van der Waals surface area (Å²) in [5.41, 5.74) is 5.40. The molecular weight excluding hydrogens is 434 g/mol. The summed E-state index contributed by atoms with van der Waals surface area (Å²) in [6, 6.07) is 27.3. The first kappa shape index (κ1) is 22.5. The van der Waals surface area contributed by atoms with Crippen molar-refractivity contribution < 1.29 is 9.90 Å². The number of hydrazone groups is 1. The van der Waals surface area contributed by atoms with Gasteiger partial charge in [0.1, 0.15) is 0 Å². The minimum atomic E-state index is -1.87. The van der Waals surface area contributed by atoms with E-state index in [0.29, 0.717) is 16.1 Å². The molecule has 1 aromatic heterocycles. The molecule has 6 heteroatoms. The Morgan fingerprint density at radius 1 is 0.939 bits per heavy atom. The number of aryl methyl sites for hydroxylation is 1. The quantitative estimate of drug-likeness (QED) is 0.311. The Bertz CT molecular complexity index is 1240. The van der Waals surface area contributed by atoms with Crippen LogP contribution in [0.3, 0.4) is 0 Å². The molecule has 0 fully saturated rings. The Kier molecular flexibility index (Phi) is 6.45. The van der Waals surface area contributed by atoms with Gasteiger partial charge in [0.2, 0.25) is 0 Å². The van der Waals surface area contributed by atoms with Crippen molar-refractivity contribution in [2.75, 3.05) is 0 Å². The van der Waals surface area contributed by atoms with Crippen molar-refractivity contribution in [3.05, 3.63) is 124 Å². The number of nitrogens with zero attached hydrogens (tertiary/aromatic N) is 2. The van der Waals surface area contributed by atoms with E-state index in [0.717, 1.165) is 22.6 Å². The van der Waals surface area contributed by atoms with Crippen molar-refractivity contribution in [1.82, 2.24) is 9.99 Å². The van der Waals surface area contributed by atoms with Crippen molar-refractivity contribution in [3.63, 3.8) is 0 Å². The first-order valence-electron chi connectivity index (χ1n) is 10.5. The molecule has 0 aliphatic carbocycles. The molecule has 0 spiro atoms. The van der Waals surface area contributed by atoms with Crippen LogP contribution in [-0.4, -0.2) is 21.8 Å². The number of hydrogen-bond donors (Lipinski definition) is 2. The fourth-order valence-electron chi connectivity index (χ4n) is 3.93. The molecule has 0 unspecified atom stereocenters. The number of benzene rings is 3. The third-order valence-corrected chi connectivity index (χ3v) is 5.89. The van der Waals surface area contributed by atoms with Crippen LogP contribution in [0.25, 0.3) is 5.69 Å². The van der Waals surface area contributed by atoms with Crippen LogP contribution in [0.15, 0.2) is 96.1 Å². The Morgan fingerprint density at radius 2 is 1.48 bits per heavy atom. The summed E-state index contributed by atoms with van der Waals surface area (Å²) in [4.78, 5) is 13.2. The van der Waals surface area contributed by atoms with Crippen LogP contribution in [0.4, 0.5) is 0 Å². The van der Waals surface area contributed by atoms with Crippen LogP contribution in [0.5, 0.6) is 0 Å². The highest BCUT2D eigenvalue weighted by molar-refractivity contribution is 6.30. The molecule has 0 atom stereocenters. The summed E-state index contributed by atoms with van der Waals surface area (Å²) < 4.78 is 2.09. The van der Waals surface area contributed by atoms with Gasteiger partial charge in [0.15, 0.2) is 5.60 Å². The number of aliphatic hydroxyl groups is 1. The van der Waals surface area contributed by atoms with Crippen molar-refractivity contribution in [2.45, 2.75) is 19.4 Å². The largest absolute Gasteiger partial charge is 0.372 e. The second-order valence-corrected chi connectivity index (χ2v) is 8.22. The molecule has 1 amide bonds. The average Bonchev–Trinajstić information content (AvgIpc) is 3.13. The van der Waals surface area contributed by atoms with Crippen molar-refractivity contribution in [2.24, 2.45) is 5.10 Å². The van der Waals surface area contributed by atoms with E-state index in [2.05, 4.69) is 15.1 Å². The Balaban J connectivity index is 1.61. The van der Waals surface area contributed by atoms with Gasteiger partial charge in [-0.3, -0.25) is 4.79 Å². The summed E-state index contributed by atoms with van der Waals surface area (Å²) in [5.74, 6) is -0.636. The zero-order valence-electron chi connectivity index (χ0n) is 18.4. The van der Waals surface area contributed by atoms with Gasteiger partial charge in [-0.05, 0) is 55.3 Å². The molecule has 0 aliphatic heterocycles. The molecule has 1 heterocycles. The lowest BCUT2D eigenvalue weighted by Crippen LogP contribution is -2.43. The molecule has 2 N–H and O–H groups in total. The lowest BCUT2D eigenvalue weighted by molar-refractivity contribution is -0.136. The number of carbonyl (C=O) groups excluding carboxylic acids is 1. The number of aromatic nitrogens is 1. The normalized spacial score (nSPS) is 11.6. The fraction of sp³-hybridized carbons (Fsp3) is 0.111. The zero-order valence-corrected chi connectivity index (χ0v) is 19.1. The summed E-state index contributed by atoms with van der Waals surface area (Å²) in [7, 11) is 0. The summed E-state index contributed by atoms with van der Waals surface area (Å²) >= 11 is 6.02. The van der Waals surface area contributed by atoms with Gasteiger partial charge in [-0.15, -0.1) is 0 Å². The lowest BCUT2D eigenvalue weighted by atomic mass is 9.85. The molecule has 0 bridgehead atoms. The van der Waals surface area contributed by atoms with Gasteiger partial charge < -0.3 is 9.67 Å². The van der Waals surface area contributed by atoms with E-state index in [4.69, 9.17) is 11.6 Å². The maximum absolute atomic E-state index is 13.2. The molecule has 166 valence electrons. The van der Waals surface area contributed by atoms with E-state index < -0.39 is 11.5 Å². The van der Waals surface area contributed by atoms with Crippen LogP contribution < -0.4 is 5.43 Å². The first-order valence-corrected chi connectivity index (χ1v) is 10.9. The molecule has 0 saturated heterocycles. The second kappa shape index (κ2) is 9.45. The highest BCUT2D eigenvalue weighted by Crippen LogP contribution is 2.30. The fourth-order valence-corrected chi connectivity index (χ4v) is 4.06. The summed E-state index contributed by atoms with van der Waals surface area (Å²) in [6.45, 7) is 3.98. The minimum Gasteiger partial charge on any atom is -0.372 e. The third-order valence-electron chi connectivity index (χ3n) is 5.64. The summed E-state index contributed by atoms with van der Waals surface area (Å²) in [5, 5.41) is 16.3. The van der Waals surface area contributed by atoms with Crippen molar-refractivity contribution in [3.8, 4) is 5.69 Å². The average molecular weight is 458 g/mol. The van der Waals surface area contributed by atoms with Gasteiger partial charge in [0, 0.05) is 27.7 Å². The van der Waals surface area contributed by atoms with E-state index in [9.17, 15) is 9.90 Å². The van der Waals surface area contributed by atoms with Crippen LogP contribution in [0.1, 0.15) is 28.1 Å². The number of rotatable bonds is 6. The van der Waals surface area contributed by atoms with Gasteiger partial charge in [-0.2, -0.15) is 5.10 Å². The molecule has 5 nitrogen and oxygen atoms in total. The molecule has 0 aliphatic rings. The number of nitrogens with one attached hydrogen (secondary N) is 1. The molecular formula is C27H24ClN3O2. The van der Waals surface area contributed by atoms with Crippen molar-refractivity contribution >= 4 is 23.7 Å². The topological polar surface area (TPSA) is 66.6 Å².